The monoisotopic (exact) mass is 238 g/mol. The van der Waals surface area contributed by atoms with Gasteiger partial charge in [0.1, 0.15) is 6.10 Å². The summed E-state index contributed by atoms with van der Waals surface area (Å²) in [5, 5.41) is 10.0. The number of aliphatic hydroxyl groups is 1. The summed E-state index contributed by atoms with van der Waals surface area (Å²) >= 11 is 0. The van der Waals surface area contributed by atoms with Crippen LogP contribution in [0.25, 0.3) is 0 Å². The van der Waals surface area contributed by atoms with Crippen molar-refractivity contribution in [3.05, 3.63) is 35.9 Å². The molecule has 0 heterocycles. The highest BCUT2D eigenvalue weighted by Crippen LogP contribution is 2.18. The second kappa shape index (κ2) is 8.23. The van der Waals surface area contributed by atoms with E-state index in [1.54, 1.807) is 0 Å². The Balaban J connectivity index is 2.25. The van der Waals surface area contributed by atoms with Gasteiger partial charge >= 0.3 is 0 Å². The first-order chi connectivity index (χ1) is 8.25. The number of aliphatic hydroxyl groups excluding tert-OH is 1. The van der Waals surface area contributed by atoms with Crippen molar-refractivity contribution in [2.45, 2.75) is 32.5 Å². The van der Waals surface area contributed by atoms with Crippen LogP contribution in [-0.4, -0.2) is 31.0 Å². The van der Waals surface area contributed by atoms with Crippen LogP contribution >= 0.6 is 0 Å². The smallest absolute Gasteiger partial charge is 0.105 e. The van der Waals surface area contributed by atoms with Gasteiger partial charge in [-0.05, 0) is 18.9 Å². The third-order valence-corrected chi connectivity index (χ3v) is 2.54. The third-order valence-electron chi connectivity index (χ3n) is 2.54. The van der Waals surface area contributed by atoms with Gasteiger partial charge in [0, 0.05) is 6.61 Å². The minimum Gasteiger partial charge on any atom is -0.386 e. The van der Waals surface area contributed by atoms with E-state index in [0.717, 1.165) is 18.6 Å². The number of hydrogen-bond donors (Lipinski definition) is 1. The second-order valence-electron chi connectivity index (χ2n) is 4.04. The Kier molecular flexibility index (Phi) is 6.86. The molecule has 0 fully saturated rings. The number of benzene rings is 1. The van der Waals surface area contributed by atoms with E-state index in [9.17, 15) is 5.11 Å². The maximum absolute atomic E-state index is 10.0. The molecule has 0 aliphatic carbocycles. The minimum atomic E-state index is -0.581. The maximum Gasteiger partial charge on any atom is 0.105 e. The molecule has 0 radical (unpaired) electrons. The summed E-state index contributed by atoms with van der Waals surface area (Å²) in [7, 11) is 0. The molecule has 2 atom stereocenters. The lowest BCUT2D eigenvalue weighted by Crippen LogP contribution is -2.21. The van der Waals surface area contributed by atoms with Gasteiger partial charge in [-0.2, -0.15) is 0 Å². The molecule has 0 saturated heterocycles. The highest BCUT2D eigenvalue weighted by atomic mass is 16.5. The molecule has 3 nitrogen and oxygen atoms in total. The highest BCUT2D eigenvalue weighted by molar-refractivity contribution is 5.18. The zero-order valence-electron chi connectivity index (χ0n) is 10.6. The fourth-order valence-corrected chi connectivity index (χ4v) is 1.55. The van der Waals surface area contributed by atoms with Gasteiger partial charge < -0.3 is 14.6 Å². The van der Waals surface area contributed by atoms with Crippen LogP contribution in [0.5, 0.6) is 0 Å². The summed E-state index contributed by atoms with van der Waals surface area (Å²) in [5.74, 6) is 0. The van der Waals surface area contributed by atoms with Crippen LogP contribution in [0.15, 0.2) is 30.3 Å². The van der Waals surface area contributed by atoms with E-state index in [2.05, 4.69) is 6.92 Å². The molecule has 3 heteroatoms. The summed E-state index contributed by atoms with van der Waals surface area (Å²) in [4.78, 5) is 0. The van der Waals surface area contributed by atoms with Crippen molar-refractivity contribution in [2.75, 3.05) is 19.8 Å². The molecule has 0 aromatic heterocycles. The average Bonchev–Trinajstić information content (AvgIpc) is 2.38. The summed E-state index contributed by atoms with van der Waals surface area (Å²) in [6.07, 6.45) is 0.215. The molecule has 1 aromatic carbocycles. The first-order valence-corrected chi connectivity index (χ1v) is 6.18. The van der Waals surface area contributed by atoms with Crippen LogP contribution in [0.4, 0.5) is 0 Å². The topological polar surface area (TPSA) is 38.7 Å². The molecule has 1 rings (SSSR count). The van der Waals surface area contributed by atoms with Crippen molar-refractivity contribution in [3.63, 3.8) is 0 Å². The Morgan fingerprint density at radius 3 is 2.47 bits per heavy atom. The van der Waals surface area contributed by atoms with Gasteiger partial charge in [-0.3, -0.25) is 0 Å². The van der Waals surface area contributed by atoms with E-state index < -0.39 is 6.10 Å². The Bertz CT molecular complexity index is 287. The molecule has 17 heavy (non-hydrogen) atoms. The molecule has 0 aliphatic rings. The Morgan fingerprint density at radius 1 is 1.12 bits per heavy atom. The van der Waals surface area contributed by atoms with Crippen molar-refractivity contribution >= 4 is 0 Å². The van der Waals surface area contributed by atoms with Crippen LogP contribution in [0, 0.1) is 0 Å². The zero-order valence-corrected chi connectivity index (χ0v) is 10.6. The van der Waals surface area contributed by atoms with Crippen molar-refractivity contribution in [3.8, 4) is 0 Å². The fourth-order valence-electron chi connectivity index (χ4n) is 1.55. The van der Waals surface area contributed by atoms with Gasteiger partial charge in [0.05, 0.1) is 19.3 Å². The van der Waals surface area contributed by atoms with Crippen molar-refractivity contribution in [1.82, 2.24) is 0 Å². The van der Waals surface area contributed by atoms with Crippen LogP contribution in [0.2, 0.25) is 0 Å². The van der Waals surface area contributed by atoms with Crippen LogP contribution in [-0.2, 0) is 9.47 Å². The zero-order chi connectivity index (χ0) is 12.5. The Morgan fingerprint density at radius 2 is 1.82 bits per heavy atom. The van der Waals surface area contributed by atoms with E-state index in [0.29, 0.717) is 13.2 Å². The predicted molar refractivity (Wildman–Crippen MR) is 67.9 cm³/mol. The standard InChI is InChI=1S/C14H22O3/c1-3-9-16-10-11-17-12(2)14(15)13-7-5-4-6-8-13/h4-8,12,14-15H,3,9-11H2,1-2H3. The molecular formula is C14H22O3. The normalized spacial score (nSPS) is 14.5. The lowest BCUT2D eigenvalue weighted by atomic mass is 10.1. The first-order valence-electron chi connectivity index (χ1n) is 6.18. The number of ether oxygens (including phenoxy) is 2. The van der Waals surface area contributed by atoms with Crippen molar-refractivity contribution < 1.29 is 14.6 Å². The molecule has 0 amide bonds. The molecule has 0 bridgehead atoms. The molecule has 2 unspecified atom stereocenters. The summed E-state index contributed by atoms with van der Waals surface area (Å²) < 4.78 is 10.8. The van der Waals surface area contributed by atoms with Crippen molar-refractivity contribution in [1.29, 1.82) is 0 Å². The average molecular weight is 238 g/mol. The van der Waals surface area contributed by atoms with Gasteiger partial charge in [0.25, 0.3) is 0 Å². The molecule has 0 saturated carbocycles. The lowest BCUT2D eigenvalue weighted by Gasteiger charge is -2.19. The van der Waals surface area contributed by atoms with E-state index in [-0.39, 0.29) is 6.10 Å². The van der Waals surface area contributed by atoms with Crippen molar-refractivity contribution in [2.24, 2.45) is 0 Å². The molecule has 96 valence electrons. The number of hydrogen-bond acceptors (Lipinski definition) is 3. The largest absolute Gasteiger partial charge is 0.386 e. The minimum absolute atomic E-state index is 0.220. The van der Waals surface area contributed by atoms with Gasteiger partial charge in [-0.25, -0.2) is 0 Å². The first kappa shape index (κ1) is 14.2. The van der Waals surface area contributed by atoms with Gasteiger partial charge in [0.2, 0.25) is 0 Å². The molecule has 1 N–H and O–H groups in total. The summed E-state index contributed by atoms with van der Waals surface area (Å²) in [6, 6.07) is 9.56. The summed E-state index contributed by atoms with van der Waals surface area (Å²) in [6.45, 7) is 5.81. The quantitative estimate of drug-likeness (QED) is 0.707. The maximum atomic E-state index is 10.0. The van der Waals surface area contributed by atoms with Crippen LogP contribution in [0.3, 0.4) is 0 Å². The van der Waals surface area contributed by atoms with E-state index in [1.807, 2.05) is 37.3 Å². The SMILES string of the molecule is CCCOCCOC(C)C(O)c1ccccc1. The predicted octanol–water partition coefficient (Wildman–Crippen LogP) is 2.55. The fraction of sp³-hybridized carbons (Fsp3) is 0.571. The Hall–Kier alpha value is -0.900. The highest BCUT2D eigenvalue weighted by Gasteiger charge is 2.16. The third kappa shape index (κ3) is 5.31. The van der Waals surface area contributed by atoms with Gasteiger partial charge in [-0.15, -0.1) is 0 Å². The van der Waals surface area contributed by atoms with Crippen LogP contribution in [0.1, 0.15) is 31.9 Å². The van der Waals surface area contributed by atoms with E-state index >= 15 is 0 Å². The van der Waals surface area contributed by atoms with Gasteiger partial charge in [-0.1, -0.05) is 37.3 Å². The molecule has 1 aromatic rings. The van der Waals surface area contributed by atoms with E-state index in [4.69, 9.17) is 9.47 Å². The number of rotatable bonds is 8. The lowest BCUT2D eigenvalue weighted by molar-refractivity contribution is -0.0481. The molecule has 0 spiro atoms. The van der Waals surface area contributed by atoms with E-state index in [1.165, 1.54) is 0 Å². The summed E-state index contributed by atoms with van der Waals surface area (Å²) in [5.41, 5.74) is 0.884. The second-order valence-corrected chi connectivity index (χ2v) is 4.04. The molecular weight excluding hydrogens is 216 g/mol. The van der Waals surface area contributed by atoms with Crippen LogP contribution < -0.4 is 0 Å². The molecule has 0 aliphatic heterocycles. The Labute approximate surface area is 103 Å². The van der Waals surface area contributed by atoms with Gasteiger partial charge in [0.15, 0.2) is 0 Å².